The van der Waals surface area contributed by atoms with Gasteiger partial charge in [-0.05, 0) is 44.7 Å². The summed E-state index contributed by atoms with van der Waals surface area (Å²) >= 11 is 0. The van der Waals surface area contributed by atoms with Crippen molar-refractivity contribution in [2.24, 2.45) is 5.41 Å². The third-order valence-electron chi connectivity index (χ3n) is 4.62. The predicted octanol–water partition coefficient (Wildman–Crippen LogP) is 2.81. The zero-order chi connectivity index (χ0) is 15.1. The van der Waals surface area contributed by atoms with Gasteiger partial charge >= 0.3 is 6.18 Å². The highest BCUT2D eigenvalue weighted by Crippen LogP contribution is 2.40. The highest BCUT2D eigenvalue weighted by atomic mass is 35.5. The Morgan fingerprint density at radius 1 is 1.23 bits per heavy atom. The molecule has 1 aromatic rings. The first-order valence-corrected chi connectivity index (χ1v) is 7.26. The lowest BCUT2D eigenvalue weighted by atomic mass is 9.78. The molecule has 0 amide bonds. The number of halogens is 4. The van der Waals surface area contributed by atoms with E-state index in [0.29, 0.717) is 11.5 Å². The standard InChI is InChI=1S/C14H19F3N4.ClH/c1-10-12(20-11(8-19-10)14(15,16)17)21-7-4-13(9-21)2-5-18-6-3-13;/h8,18H,2-7,9H2,1H3;1H. The van der Waals surface area contributed by atoms with E-state index in [-0.39, 0.29) is 17.8 Å². The van der Waals surface area contributed by atoms with Crippen LogP contribution in [0.5, 0.6) is 0 Å². The second-order valence-electron chi connectivity index (χ2n) is 6.08. The summed E-state index contributed by atoms with van der Waals surface area (Å²) in [6, 6.07) is 0. The fourth-order valence-electron chi connectivity index (χ4n) is 3.36. The number of rotatable bonds is 1. The number of hydrogen-bond acceptors (Lipinski definition) is 4. The minimum absolute atomic E-state index is 0. The van der Waals surface area contributed by atoms with Gasteiger partial charge in [-0.15, -0.1) is 12.4 Å². The highest BCUT2D eigenvalue weighted by Gasteiger charge is 2.40. The maximum atomic E-state index is 12.8. The summed E-state index contributed by atoms with van der Waals surface area (Å²) in [6.07, 6.45) is -0.452. The van der Waals surface area contributed by atoms with Crippen LogP contribution in [-0.2, 0) is 6.18 Å². The second-order valence-corrected chi connectivity index (χ2v) is 6.08. The van der Waals surface area contributed by atoms with Crippen LogP contribution in [0.15, 0.2) is 6.20 Å². The minimum atomic E-state index is -4.44. The van der Waals surface area contributed by atoms with Crippen molar-refractivity contribution in [2.45, 2.75) is 32.4 Å². The van der Waals surface area contributed by atoms with Crippen LogP contribution in [-0.4, -0.2) is 36.1 Å². The lowest BCUT2D eigenvalue weighted by Gasteiger charge is -2.34. The number of aromatic nitrogens is 2. The van der Waals surface area contributed by atoms with E-state index >= 15 is 0 Å². The summed E-state index contributed by atoms with van der Waals surface area (Å²) in [5, 5.41) is 3.34. The van der Waals surface area contributed by atoms with Gasteiger partial charge in [-0.2, -0.15) is 13.2 Å². The van der Waals surface area contributed by atoms with Gasteiger partial charge in [-0.25, -0.2) is 4.98 Å². The van der Waals surface area contributed by atoms with Crippen molar-refractivity contribution in [3.8, 4) is 0 Å². The topological polar surface area (TPSA) is 41.1 Å². The fraction of sp³-hybridized carbons (Fsp3) is 0.714. The van der Waals surface area contributed by atoms with Gasteiger partial charge in [0.05, 0.1) is 11.9 Å². The monoisotopic (exact) mass is 336 g/mol. The van der Waals surface area contributed by atoms with Gasteiger partial charge in [-0.3, -0.25) is 4.98 Å². The number of nitrogens with one attached hydrogen (secondary N) is 1. The number of alkyl halides is 3. The lowest BCUT2D eigenvalue weighted by Crippen LogP contribution is -2.39. The molecule has 2 saturated heterocycles. The normalized spacial score (nSPS) is 21.0. The molecule has 1 aromatic heterocycles. The molecule has 0 aliphatic carbocycles. The van der Waals surface area contributed by atoms with Gasteiger partial charge in [0.15, 0.2) is 11.5 Å². The molecular weight excluding hydrogens is 317 g/mol. The molecule has 0 bridgehead atoms. The summed E-state index contributed by atoms with van der Waals surface area (Å²) in [4.78, 5) is 9.69. The summed E-state index contributed by atoms with van der Waals surface area (Å²) in [5.74, 6) is 0.389. The Morgan fingerprint density at radius 2 is 1.91 bits per heavy atom. The number of nitrogens with zero attached hydrogens (tertiary/aromatic N) is 3. The Kier molecular flexibility index (Phi) is 4.87. The Morgan fingerprint density at radius 3 is 2.55 bits per heavy atom. The Hall–Kier alpha value is -1.08. The predicted molar refractivity (Wildman–Crippen MR) is 80.4 cm³/mol. The Bertz CT molecular complexity index is 529. The molecular formula is C14H20ClF3N4. The van der Waals surface area contributed by atoms with Gasteiger partial charge in [0.25, 0.3) is 0 Å². The second kappa shape index (κ2) is 6.20. The fourth-order valence-corrected chi connectivity index (χ4v) is 3.36. The van der Waals surface area contributed by atoms with Gasteiger partial charge in [0.1, 0.15) is 0 Å². The lowest BCUT2D eigenvalue weighted by molar-refractivity contribution is -0.141. The first kappa shape index (κ1) is 17.3. The van der Waals surface area contributed by atoms with Gasteiger partial charge < -0.3 is 10.2 Å². The third-order valence-corrected chi connectivity index (χ3v) is 4.62. The van der Waals surface area contributed by atoms with E-state index in [1.165, 1.54) is 0 Å². The molecule has 0 atom stereocenters. The zero-order valence-corrected chi connectivity index (χ0v) is 13.2. The van der Waals surface area contributed by atoms with E-state index in [9.17, 15) is 13.2 Å². The van der Waals surface area contributed by atoms with E-state index in [2.05, 4.69) is 15.3 Å². The smallest absolute Gasteiger partial charge is 0.355 e. The van der Waals surface area contributed by atoms with Crippen molar-refractivity contribution in [1.29, 1.82) is 0 Å². The van der Waals surface area contributed by atoms with Crippen LogP contribution in [0.3, 0.4) is 0 Å². The maximum absolute atomic E-state index is 12.8. The Balaban J connectivity index is 0.00000176. The first-order chi connectivity index (χ1) is 9.90. The molecule has 0 unspecified atom stereocenters. The summed E-state index contributed by atoms with van der Waals surface area (Å²) in [5.41, 5.74) is -0.114. The molecule has 3 rings (SSSR count). The number of hydrogen-bond donors (Lipinski definition) is 1. The van der Waals surface area contributed by atoms with Crippen molar-refractivity contribution in [2.75, 3.05) is 31.1 Å². The largest absolute Gasteiger partial charge is 0.434 e. The van der Waals surface area contributed by atoms with E-state index < -0.39 is 11.9 Å². The first-order valence-electron chi connectivity index (χ1n) is 7.26. The van der Waals surface area contributed by atoms with E-state index in [0.717, 1.165) is 51.6 Å². The van der Waals surface area contributed by atoms with Crippen molar-refractivity contribution in [3.63, 3.8) is 0 Å². The number of piperidine rings is 1. The molecule has 1 N–H and O–H groups in total. The van der Waals surface area contributed by atoms with E-state index in [1.807, 2.05) is 4.90 Å². The molecule has 1 spiro atoms. The van der Waals surface area contributed by atoms with Crippen molar-refractivity contribution < 1.29 is 13.2 Å². The quantitative estimate of drug-likeness (QED) is 0.856. The summed E-state index contributed by atoms with van der Waals surface area (Å²) in [7, 11) is 0. The molecule has 8 heteroatoms. The van der Waals surface area contributed by atoms with Crippen molar-refractivity contribution in [3.05, 3.63) is 17.6 Å². The SMILES string of the molecule is Cc1ncc(C(F)(F)F)nc1N1CCC2(CCNCC2)C1.Cl. The number of anilines is 1. The minimum Gasteiger partial charge on any atom is -0.355 e. The van der Waals surface area contributed by atoms with Crippen LogP contribution < -0.4 is 10.2 Å². The molecule has 2 aliphatic heterocycles. The molecule has 4 nitrogen and oxygen atoms in total. The molecule has 0 saturated carbocycles. The van der Waals surface area contributed by atoms with Crippen LogP contribution in [0.4, 0.5) is 19.0 Å². The van der Waals surface area contributed by atoms with Gasteiger partial charge in [0.2, 0.25) is 0 Å². The molecule has 0 aromatic carbocycles. The molecule has 0 radical (unpaired) electrons. The molecule has 3 heterocycles. The van der Waals surface area contributed by atoms with E-state index in [4.69, 9.17) is 0 Å². The summed E-state index contributed by atoms with van der Waals surface area (Å²) < 4.78 is 38.4. The van der Waals surface area contributed by atoms with E-state index in [1.54, 1.807) is 6.92 Å². The third kappa shape index (κ3) is 3.30. The maximum Gasteiger partial charge on any atom is 0.434 e. The van der Waals surface area contributed by atoms with Crippen LogP contribution in [0, 0.1) is 12.3 Å². The molecule has 124 valence electrons. The molecule has 22 heavy (non-hydrogen) atoms. The molecule has 2 aliphatic rings. The van der Waals surface area contributed by atoms with Crippen molar-refractivity contribution in [1.82, 2.24) is 15.3 Å². The van der Waals surface area contributed by atoms with Crippen LogP contribution in [0.2, 0.25) is 0 Å². The van der Waals surface area contributed by atoms with Gasteiger partial charge in [0, 0.05) is 13.1 Å². The average Bonchev–Trinajstić information content (AvgIpc) is 2.82. The average molecular weight is 337 g/mol. The van der Waals surface area contributed by atoms with Crippen LogP contribution in [0.1, 0.15) is 30.7 Å². The zero-order valence-electron chi connectivity index (χ0n) is 12.4. The van der Waals surface area contributed by atoms with Crippen LogP contribution >= 0.6 is 12.4 Å². The highest BCUT2D eigenvalue weighted by molar-refractivity contribution is 5.85. The number of aryl methyl sites for hydroxylation is 1. The summed E-state index contributed by atoms with van der Waals surface area (Å²) in [6.45, 7) is 5.24. The van der Waals surface area contributed by atoms with Crippen LogP contribution in [0.25, 0.3) is 0 Å². The van der Waals surface area contributed by atoms with Gasteiger partial charge in [-0.1, -0.05) is 0 Å². The Labute approximate surface area is 133 Å². The van der Waals surface area contributed by atoms with Crippen molar-refractivity contribution >= 4 is 18.2 Å². The molecule has 2 fully saturated rings.